The summed E-state index contributed by atoms with van der Waals surface area (Å²) in [6.07, 6.45) is 8.67. The van der Waals surface area contributed by atoms with E-state index in [1.165, 1.54) is 49.7 Å². The highest BCUT2D eigenvalue weighted by Crippen LogP contribution is 2.61. The average Bonchev–Trinajstić information content (AvgIpc) is 3.09. The third kappa shape index (κ3) is 3.46. The van der Waals surface area contributed by atoms with E-state index < -0.39 is 0 Å². The summed E-state index contributed by atoms with van der Waals surface area (Å²) >= 11 is 0. The summed E-state index contributed by atoms with van der Waals surface area (Å²) < 4.78 is 6.02. The summed E-state index contributed by atoms with van der Waals surface area (Å²) in [6.45, 7) is 4.17. The molecule has 4 heteroatoms. The molecular weight excluding hydrogens is 384 g/mol. The summed E-state index contributed by atoms with van der Waals surface area (Å²) in [5, 5.41) is 3.17. The van der Waals surface area contributed by atoms with Crippen LogP contribution in [0, 0.1) is 37.0 Å². The van der Waals surface area contributed by atoms with Crippen molar-refractivity contribution >= 4 is 22.7 Å². The SMILES string of the molecule is Cc1cc2nc(-c3cccc(NC(=O)CC45CC6CC(CC(C6)C4)C5)c3)oc2cc1C. The normalized spacial score (nSPS) is 28.9. The smallest absolute Gasteiger partial charge is 0.227 e. The van der Waals surface area contributed by atoms with Crippen LogP contribution in [-0.2, 0) is 4.79 Å². The van der Waals surface area contributed by atoms with Crippen LogP contribution in [0.3, 0.4) is 0 Å². The maximum atomic E-state index is 13.0. The maximum absolute atomic E-state index is 13.0. The number of benzene rings is 2. The second-order valence-electron chi connectivity index (χ2n) is 10.6. The second kappa shape index (κ2) is 6.94. The minimum absolute atomic E-state index is 0.155. The number of hydrogen-bond donors (Lipinski definition) is 1. The van der Waals surface area contributed by atoms with Gasteiger partial charge in [-0.2, -0.15) is 0 Å². The summed E-state index contributed by atoms with van der Waals surface area (Å²) in [5.74, 6) is 3.36. The van der Waals surface area contributed by atoms with Gasteiger partial charge in [0.25, 0.3) is 0 Å². The van der Waals surface area contributed by atoms with Gasteiger partial charge in [0, 0.05) is 17.7 Å². The van der Waals surface area contributed by atoms with Crippen LogP contribution in [0.25, 0.3) is 22.6 Å². The zero-order valence-corrected chi connectivity index (χ0v) is 18.4. The zero-order chi connectivity index (χ0) is 21.2. The lowest BCUT2D eigenvalue weighted by Crippen LogP contribution is -2.47. The van der Waals surface area contributed by atoms with Crippen LogP contribution in [0.5, 0.6) is 0 Å². The maximum Gasteiger partial charge on any atom is 0.227 e. The first-order valence-corrected chi connectivity index (χ1v) is 11.7. The number of carbonyl (C=O) groups is 1. The number of oxazole rings is 1. The predicted octanol–water partition coefficient (Wildman–Crippen LogP) is 6.66. The van der Waals surface area contributed by atoms with Gasteiger partial charge >= 0.3 is 0 Å². The molecule has 0 aliphatic heterocycles. The molecule has 4 saturated carbocycles. The highest BCUT2D eigenvalue weighted by Gasteiger charge is 2.51. The van der Waals surface area contributed by atoms with Crippen LogP contribution in [0.15, 0.2) is 40.8 Å². The van der Waals surface area contributed by atoms with Gasteiger partial charge in [-0.1, -0.05) is 6.07 Å². The van der Waals surface area contributed by atoms with Gasteiger partial charge in [-0.05, 0) is 117 Å². The average molecular weight is 415 g/mol. The van der Waals surface area contributed by atoms with Crippen LogP contribution in [-0.4, -0.2) is 10.9 Å². The number of amides is 1. The Morgan fingerprint density at radius 3 is 2.42 bits per heavy atom. The van der Waals surface area contributed by atoms with Gasteiger partial charge in [0.1, 0.15) is 5.52 Å². The standard InChI is InChI=1S/C27H30N2O2/c1-16-6-23-24(7-17(16)2)31-26(29-23)21-4-3-5-22(11-21)28-25(30)15-27-12-18-8-19(13-27)10-20(9-18)14-27/h3-7,11,18-20H,8-10,12-15H2,1-2H3,(H,28,30). The molecule has 3 aromatic rings. The molecule has 7 rings (SSSR count). The molecular formula is C27H30N2O2. The van der Waals surface area contributed by atoms with Crippen molar-refractivity contribution in [1.29, 1.82) is 0 Å². The van der Waals surface area contributed by atoms with Gasteiger partial charge < -0.3 is 9.73 Å². The molecule has 1 amide bonds. The third-order valence-electron chi connectivity index (χ3n) is 8.10. The highest BCUT2D eigenvalue weighted by atomic mass is 16.3. The molecule has 0 radical (unpaired) electrons. The molecule has 4 aliphatic rings. The van der Waals surface area contributed by atoms with E-state index >= 15 is 0 Å². The Morgan fingerprint density at radius 1 is 1.03 bits per heavy atom. The molecule has 0 unspecified atom stereocenters. The molecule has 4 fully saturated rings. The van der Waals surface area contributed by atoms with E-state index in [-0.39, 0.29) is 11.3 Å². The Balaban J connectivity index is 1.20. The van der Waals surface area contributed by atoms with Crippen molar-refractivity contribution in [3.05, 3.63) is 47.5 Å². The Kier molecular flexibility index (Phi) is 4.28. The van der Waals surface area contributed by atoms with Crippen LogP contribution >= 0.6 is 0 Å². The fraction of sp³-hybridized carbons (Fsp3) is 0.481. The summed E-state index contributed by atoms with van der Waals surface area (Å²) in [5.41, 5.74) is 6.04. The first kappa shape index (κ1) is 19.1. The number of aromatic nitrogens is 1. The Hall–Kier alpha value is -2.62. The lowest BCUT2D eigenvalue weighted by Gasteiger charge is -2.56. The van der Waals surface area contributed by atoms with E-state index in [1.54, 1.807) is 0 Å². The van der Waals surface area contributed by atoms with E-state index in [0.29, 0.717) is 12.3 Å². The number of anilines is 1. The van der Waals surface area contributed by atoms with Crippen LogP contribution in [0.1, 0.15) is 56.1 Å². The number of carbonyl (C=O) groups excluding carboxylic acids is 1. The lowest BCUT2D eigenvalue weighted by molar-refractivity contribution is -0.124. The molecule has 4 nitrogen and oxygen atoms in total. The van der Waals surface area contributed by atoms with Crippen molar-refractivity contribution in [2.75, 3.05) is 5.32 Å². The van der Waals surface area contributed by atoms with Gasteiger partial charge in [0.2, 0.25) is 11.8 Å². The molecule has 31 heavy (non-hydrogen) atoms. The molecule has 4 aliphatic carbocycles. The Morgan fingerprint density at radius 2 is 1.71 bits per heavy atom. The fourth-order valence-electron chi connectivity index (χ4n) is 7.09. The predicted molar refractivity (Wildman–Crippen MR) is 123 cm³/mol. The quantitative estimate of drug-likeness (QED) is 0.519. The van der Waals surface area contributed by atoms with Crippen LogP contribution < -0.4 is 5.32 Å². The third-order valence-corrected chi connectivity index (χ3v) is 8.10. The van der Waals surface area contributed by atoms with Gasteiger partial charge in [0.15, 0.2) is 5.58 Å². The monoisotopic (exact) mass is 414 g/mol. The lowest BCUT2D eigenvalue weighted by atomic mass is 9.49. The van der Waals surface area contributed by atoms with Crippen molar-refractivity contribution < 1.29 is 9.21 Å². The topological polar surface area (TPSA) is 55.1 Å². The van der Waals surface area contributed by atoms with Crippen molar-refractivity contribution in [2.45, 2.75) is 58.8 Å². The minimum Gasteiger partial charge on any atom is -0.436 e. The summed E-state index contributed by atoms with van der Waals surface area (Å²) in [7, 11) is 0. The molecule has 0 spiro atoms. The number of aryl methyl sites for hydroxylation is 2. The van der Waals surface area contributed by atoms with E-state index in [1.807, 2.05) is 30.3 Å². The molecule has 1 aromatic heterocycles. The van der Waals surface area contributed by atoms with Crippen molar-refractivity contribution in [3.63, 3.8) is 0 Å². The van der Waals surface area contributed by atoms with E-state index in [4.69, 9.17) is 4.42 Å². The largest absolute Gasteiger partial charge is 0.436 e. The van der Waals surface area contributed by atoms with Gasteiger partial charge in [-0.3, -0.25) is 4.79 Å². The number of nitrogens with zero attached hydrogens (tertiary/aromatic N) is 1. The van der Waals surface area contributed by atoms with Gasteiger partial charge in [-0.15, -0.1) is 0 Å². The van der Waals surface area contributed by atoms with Crippen LogP contribution in [0.4, 0.5) is 5.69 Å². The number of hydrogen-bond acceptors (Lipinski definition) is 3. The first-order valence-electron chi connectivity index (χ1n) is 11.7. The summed E-state index contributed by atoms with van der Waals surface area (Å²) in [6, 6.07) is 12.0. The van der Waals surface area contributed by atoms with Crippen molar-refractivity contribution in [1.82, 2.24) is 4.98 Å². The molecule has 0 atom stereocenters. The fourth-order valence-corrected chi connectivity index (χ4v) is 7.09. The Bertz CT molecular complexity index is 1100. The number of rotatable bonds is 4. The van der Waals surface area contributed by atoms with Crippen molar-refractivity contribution in [3.8, 4) is 11.5 Å². The molecule has 160 valence electrons. The number of fused-ring (bicyclic) bond motifs is 1. The first-order chi connectivity index (χ1) is 14.9. The van der Waals surface area contributed by atoms with E-state index in [2.05, 4.69) is 30.2 Å². The molecule has 1 heterocycles. The van der Waals surface area contributed by atoms with Gasteiger partial charge in [0.05, 0.1) is 0 Å². The molecule has 0 saturated heterocycles. The number of nitrogens with one attached hydrogen (secondary N) is 1. The van der Waals surface area contributed by atoms with E-state index in [9.17, 15) is 4.79 Å². The van der Waals surface area contributed by atoms with E-state index in [0.717, 1.165) is 40.1 Å². The molecule has 2 aromatic carbocycles. The molecule has 4 bridgehead atoms. The molecule has 1 N–H and O–H groups in total. The van der Waals surface area contributed by atoms with Crippen molar-refractivity contribution in [2.24, 2.45) is 23.2 Å². The highest BCUT2D eigenvalue weighted by molar-refractivity contribution is 5.92. The minimum atomic E-state index is 0.155. The summed E-state index contributed by atoms with van der Waals surface area (Å²) in [4.78, 5) is 17.7. The second-order valence-corrected chi connectivity index (χ2v) is 10.6. The van der Waals surface area contributed by atoms with Crippen LogP contribution in [0.2, 0.25) is 0 Å². The Labute approximate surface area is 183 Å². The zero-order valence-electron chi connectivity index (χ0n) is 18.4. The van der Waals surface area contributed by atoms with Gasteiger partial charge in [-0.25, -0.2) is 4.98 Å².